The molecule has 0 aliphatic carbocycles. The van der Waals surface area contributed by atoms with Gasteiger partial charge < -0.3 is 10.4 Å². The molecule has 1 aromatic rings. The zero-order valence-electron chi connectivity index (χ0n) is 11.2. The van der Waals surface area contributed by atoms with Crippen LogP contribution in [-0.2, 0) is 15.2 Å². The molecule has 2 N–H and O–H groups in total. The molecule has 1 heterocycles. The molecule has 0 spiro atoms. The number of amides is 1. The van der Waals surface area contributed by atoms with Gasteiger partial charge in [-0.3, -0.25) is 9.59 Å². The monoisotopic (exact) mass is 279 g/mol. The molecule has 4 nitrogen and oxygen atoms in total. The van der Waals surface area contributed by atoms with E-state index in [1.54, 1.807) is 24.3 Å². The molecule has 0 radical (unpaired) electrons. The van der Waals surface area contributed by atoms with Crippen LogP contribution < -0.4 is 5.32 Å². The van der Waals surface area contributed by atoms with Crippen LogP contribution in [0.25, 0.3) is 0 Å². The van der Waals surface area contributed by atoms with Crippen LogP contribution in [0.2, 0.25) is 0 Å². The van der Waals surface area contributed by atoms with Gasteiger partial charge in [0, 0.05) is 16.0 Å². The summed E-state index contributed by atoms with van der Waals surface area (Å²) in [6, 6.07) is 6.90. The number of carbonyl (C=O) groups is 2. The number of rotatable bonds is 2. The number of thioether (sulfide) groups is 1. The number of nitrogens with one attached hydrogen (secondary N) is 1. The first-order chi connectivity index (χ1) is 8.72. The number of anilines is 1. The minimum absolute atomic E-state index is 0.193. The van der Waals surface area contributed by atoms with E-state index < -0.39 is 11.5 Å². The van der Waals surface area contributed by atoms with E-state index in [9.17, 15) is 14.7 Å². The highest BCUT2D eigenvalue weighted by Gasteiger charge is 2.46. The quantitative estimate of drug-likeness (QED) is 0.871. The lowest BCUT2D eigenvalue weighted by Crippen LogP contribution is -2.36. The summed E-state index contributed by atoms with van der Waals surface area (Å²) >= 11 is 1.14. The summed E-state index contributed by atoms with van der Waals surface area (Å²) in [5, 5.41) is 12.9. The number of hydrogen-bond acceptors (Lipinski definition) is 4. The molecule has 1 aromatic carbocycles. The van der Waals surface area contributed by atoms with Crippen molar-refractivity contribution in [2.75, 3.05) is 5.32 Å². The average molecular weight is 279 g/mol. The number of aliphatic hydroxyl groups is 1. The van der Waals surface area contributed by atoms with Crippen LogP contribution in [0.15, 0.2) is 24.3 Å². The second-order valence-corrected chi connectivity index (χ2v) is 7.51. The van der Waals surface area contributed by atoms with Crippen molar-refractivity contribution >= 4 is 28.5 Å². The Hall–Kier alpha value is -1.33. The molecule has 1 amide bonds. The first kappa shape index (κ1) is 14.1. The van der Waals surface area contributed by atoms with Crippen LogP contribution in [0, 0.1) is 0 Å². The average Bonchev–Trinajstić information content (AvgIpc) is 2.49. The molecule has 0 unspecified atom stereocenters. The van der Waals surface area contributed by atoms with Crippen molar-refractivity contribution in [2.24, 2.45) is 0 Å². The molecule has 1 aliphatic heterocycles. The van der Waals surface area contributed by atoms with E-state index >= 15 is 0 Å². The lowest BCUT2D eigenvalue weighted by molar-refractivity contribution is -0.137. The van der Waals surface area contributed by atoms with Crippen LogP contribution in [0.1, 0.15) is 32.8 Å². The number of para-hydroxylation sites is 1. The lowest BCUT2D eigenvalue weighted by Gasteiger charge is -2.22. The van der Waals surface area contributed by atoms with Gasteiger partial charge in [0.2, 0.25) is 0 Å². The Morgan fingerprint density at radius 3 is 2.63 bits per heavy atom. The van der Waals surface area contributed by atoms with Gasteiger partial charge in [0.15, 0.2) is 10.7 Å². The van der Waals surface area contributed by atoms with Gasteiger partial charge in [0.1, 0.15) is 0 Å². The van der Waals surface area contributed by atoms with Gasteiger partial charge in [-0.15, -0.1) is 0 Å². The maximum atomic E-state index is 12.0. The standard InChI is InChI=1S/C14H17NO3S/c1-13(2,3)19-11(16)8-14(18)9-6-4-5-7-10(9)15-12(14)17/h4-7,18H,8H2,1-3H3,(H,15,17)/t14-/m1/s1. The molecule has 5 heteroatoms. The summed E-state index contributed by atoms with van der Waals surface area (Å²) in [6.07, 6.45) is -0.211. The van der Waals surface area contributed by atoms with E-state index in [4.69, 9.17) is 0 Å². The van der Waals surface area contributed by atoms with E-state index in [1.807, 2.05) is 20.8 Å². The molecule has 0 fully saturated rings. The van der Waals surface area contributed by atoms with Crippen LogP contribution in [0.3, 0.4) is 0 Å². The van der Waals surface area contributed by atoms with Crippen molar-refractivity contribution in [3.05, 3.63) is 29.8 Å². The summed E-state index contributed by atoms with van der Waals surface area (Å²) in [7, 11) is 0. The minimum atomic E-state index is -1.74. The summed E-state index contributed by atoms with van der Waals surface area (Å²) in [5.41, 5.74) is -0.697. The van der Waals surface area contributed by atoms with E-state index in [0.29, 0.717) is 11.3 Å². The first-order valence-corrected chi connectivity index (χ1v) is 6.89. The van der Waals surface area contributed by atoms with Gasteiger partial charge in [-0.25, -0.2) is 0 Å². The molecule has 0 aromatic heterocycles. The van der Waals surface area contributed by atoms with Gasteiger partial charge in [-0.2, -0.15) is 0 Å². The summed E-state index contributed by atoms with van der Waals surface area (Å²) < 4.78 is -0.234. The molecule has 0 saturated heterocycles. The van der Waals surface area contributed by atoms with Gasteiger partial charge in [0.05, 0.1) is 6.42 Å². The Labute approximate surface area is 116 Å². The summed E-state index contributed by atoms with van der Waals surface area (Å²) in [5.74, 6) is -0.531. The van der Waals surface area contributed by atoms with Crippen LogP contribution in [-0.4, -0.2) is 20.9 Å². The molecule has 1 aliphatic rings. The minimum Gasteiger partial charge on any atom is -0.375 e. The first-order valence-electron chi connectivity index (χ1n) is 6.07. The largest absolute Gasteiger partial charge is 0.375 e. The number of hydrogen-bond donors (Lipinski definition) is 2. The third-order valence-electron chi connectivity index (χ3n) is 2.82. The van der Waals surface area contributed by atoms with Crippen molar-refractivity contribution < 1.29 is 14.7 Å². The van der Waals surface area contributed by atoms with Crippen molar-refractivity contribution in [1.29, 1.82) is 0 Å². The van der Waals surface area contributed by atoms with Gasteiger partial charge in [0.25, 0.3) is 5.91 Å². The molecule has 102 valence electrons. The molecule has 0 saturated carbocycles. The summed E-state index contributed by atoms with van der Waals surface area (Å²) in [6.45, 7) is 5.76. The highest BCUT2D eigenvalue weighted by Crippen LogP contribution is 2.40. The van der Waals surface area contributed by atoms with E-state index in [1.165, 1.54) is 0 Å². The fraction of sp³-hybridized carbons (Fsp3) is 0.429. The van der Waals surface area contributed by atoms with Crippen LogP contribution in [0.5, 0.6) is 0 Å². The Bertz CT molecular complexity index is 536. The second kappa shape index (κ2) is 4.65. The predicted octanol–water partition coefficient (Wildman–Crippen LogP) is 2.27. The molecule has 0 bridgehead atoms. The number of benzene rings is 1. The highest BCUT2D eigenvalue weighted by molar-refractivity contribution is 8.14. The van der Waals surface area contributed by atoms with Gasteiger partial charge >= 0.3 is 0 Å². The van der Waals surface area contributed by atoms with E-state index in [0.717, 1.165) is 11.8 Å². The molecule has 1 atom stereocenters. The molecular weight excluding hydrogens is 262 g/mol. The summed E-state index contributed by atoms with van der Waals surface area (Å²) in [4.78, 5) is 23.9. The Balaban J connectivity index is 2.24. The normalized spacial score (nSPS) is 22.0. The SMILES string of the molecule is CC(C)(C)SC(=O)C[C@]1(O)C(=O)Nc2ccccc21. The Kier molecular flexibility index (Phi) is 3.45. The Morgan fingerprint density at radius 2 is 2.00 bits per heavy atom. The lowest BCUT2D eigenvalue weighted by atomic mass is 9.92. The zero-order valence-corrected chi connectivity index (χ0v) is 12.0. The number of fused-ring (bicyclic) bond motifs is 1. The van der Waals surface area contributed by atoms with Gasteiger partial charge in [-0.05, 0) is 6.07 Å². The van der Waals surface area contributed by atoms with Crippen molar-refractivity contribution in [3.63, 3.8) is 0 Å². The van der Waals surface area contributed by atoms with E-state index in [2.05, 4.69) is 5.32 Å². The van der Waals surface area contributed by atoms with E-state index in [-0.39, 0.29) is 16.3 Å². The maximum Gasteiger partial charge on any atom is 0.261 e. The fourth-order valence-corrected chi connectivity index (χ4v) is 3.03. The van der Waals surface area contributed by atoms with Crippen LogP contribution >= 0.6 is 11.8 Å². The fourth-order valence-electron chi connectivity index (χ4n) is 2.06. The predicted molar refractivity (Wildman–Crippen MR) is 75.9 cm³/mol. The third kappa shape index (κ3) is 2.82. The zero-order chi connectivity index (χ0) is 14.3. The maximum absolute atomic E-state index is 12.0. The smallest absolute Gasteiger partial charge is 0.261 e. The van der Waals surface area contributed by atoms with Crippen LogP contribution in [0.4, 0.5) is 5.69 Å². The second-order valence-electron chi connectivity index (χ2n) is 5.62. The van der Waals surface area contributed by atoms with Gasteiger partial charge in [-0.1, -0.05) is 50.7 Å². The third-order valence-corrected chi connectivity index (χ3v) is 3.80. The van der Waals surface area contributed by atoms with Crippen molar-refractivity contribution in [3.8, 4) is 0 Å². The Morgan fingerprint density at radius 1 is 1.37 bits per heavy atom. The van der Waals surface area contributed by atoms with Crippen molar-refractivity contribution in [1.82, 2.24) is 0 Å². The molecule has 19 heavy (non-hydrogen) atoms. The highest BCUT2D eigenvalue weighted by atomic mass is 32.2. The molecule has 2 rings (SSSR count). The topological polar surface area (TPSA) is 66.4 Å². The molecular formula is C14H17NO3S. The van der Waals surface area contributed by atoms with Crippen molar-refractivity contribution in [2.45, 2.75) is 37.5 Å². The number of carbonyl (C=O) groups excluding carboxylic acids is 2.